The summed E-state index contributed by atoms with van der Waals surface area (Å²) in [7, 11) is 0. The van der Waals surface area contributed by atoms with Gasteiger partial charge in [0.05, 0.1) is 0 Å². The Labute approximate surface area is 81.9 Å². The highest BCUT2D eigenvalue weighted by Gasteiger charge is 2.38. The number of halogens is 3. The third-order valence-electron chi connectivity index (χ3n) is 1.68. The van der Waals surface area contributed by atoms with Gasteiger partial charge in [-0.2, -0.15) is 13.2 Å². The lowest BCUT2D eigenvalue weighted by Crippen LogP contribution is -2.16. The van der Waals surface area contributed by atoms with Crippen molar-refractivity contribution in [3.05, 3.63) is 23.7 Å². The van der Waals surface area contributed by atoms with Gasteiger partial charge < -0.3 is 4.42 Å². The molecule has 0 aliphatic heterocycles. The summed E-state index contributed by atoms with van der Waals surface area (Å²) < 4.78 is 41.1. The van der Waals surface area contributed by atoms with Crippen LogP contribution in [-0.2, 0) is 0 Å². The molecule has 82 valence electrons. The summed E-state index contributed by atoms with van der Waals surface area (Å²) in [6, 6.07) is 2.88. The minimum Gasteiger partial charge on any atom is -0.466 e. The number of rotatable bonds is 1. The van der Waals surface area contributed by atoms with Crippen LogP contribution in [0.25, 0.3) is 0 Å². The molecule has 0 spiro atoms. The van der Waals surface area contributed by atoms with Crippen LogP contribution in [0.5, 0.6) is 0 Å². The minimum atomic E-state index is -4.22. The second-order valence-corrected chi connectivity index (χ2v) is 2.71. The van der Waals surface area contributed by atoms with Crippen LogP contribution in [0.15, 0.2) is 16.5 Å². The first-order valence-electron chi connectivity index (χ1n) is 4.54. The quantitative estimate of drug-likeness (QED) is 0.671. The SMILES string of the molecule is CC.Cc1ccc(C(C)C(F)(F)F)o1. The minimum absolute atomic E-state index is 0.0278. The Morgan fingerprint density at radius 3 is 2.00 bits per heavy atom. The maximum Gasteiger partial charge on any atom is 0.398 e. The van der Waals surface area contributed by atoms with Gasteiger partial charge in [-0.05, 0) is 26.0 Å². The van der Waals surface area contributed by atoms with E-state index in [1.54, 1.807) is 6.92 Å². The second kappa shape index (κ2) is 5.08. The van der Waals surface area contributed by atoms with Crippen LogP contribution in [0, 0.1) is 6.92 Å². The number of aryl methyl sites for hydroxylation is 1. The number of hydrogen-bond donors (Lipinski definition) is 0. The predicted molar refractivity (Wildman–Crippen MR) is 49.3 cm³/mol. The van der Waals surface area contributed by atoms with Crippen molar-refractivity contribution in [1.82, 2.24) is 0 Å². The molecule has 14 heavy (non-hydrogen) atoms. The molecular weight excluding hydrogens is 193 g/mol. The molecule has 0 amide bonds. The van der Waals surface area contributed by atoms with Crippen molar-refractivity contribution in [3.8, 4) is 0 Å². The van der Waals surface area contributed by atoms with Gasteiger partial charge in [-0.25, -0.2) is 0 Å². The Balaban J connectivity index is 0.000000791. The summed E-state index contributed by atoms with van der Waals surface area (Å²) in [5.74, 6) is -1.05. The molecule has 0 radical (unpaired) electrons. The first kappa shape index (κ1) is 13.1. The Hall–Kier alpha value is -0.930. The van der Waals surface area contributed by atoms with E-state index in [4.69, 9.17) is 4.42 Å². The van der Waals surface area contributed by atoms with Crippen molar-refractivity contribution in [1.29, 1.82) is 0 Å². The van der Waals surface area contributed by atoms with Crippen LogP contribution in [0.1, 0.15) is 38.2 Å². The zero-order valence-corrected chi connectivity index (χ0v) is 8.77. The van der Waals surface area contributed by atoms with Gasteiger partial charge in [0.2, 0.25) is 0 Å². The maximum absolute atomic E-state index is 12.1. The first-order chi connectivity index (χ1) is 6.41. The van der Waals surface area contributed by atoms with Gasteiger partial charge in [0.25, 0.3) is 0 Å². The summed E-state index contributed by atoms with van der Waals surface area (Å²) in [5, 5.41) is 0. The highest BCUT2D eigenvalue weighted by Crippen LogP contribution is 2.34. The van der Waals surface area contributed by atoms with E-state index in [0.717, 1.165) is 6.92 Å². The van der Waals surface area contributed by atoms with Crippen molar-refractivity contribution >= 4 is 0 Å². The van der Waals surface area contributed by atoms with E-state index in [9.17, 15) is 13.2 Å². The van der Waals surface area contributed by atoms with Gasteiger partial charge in [-0.15, -0.1) is 0 Å². The van der Waals surface area contributed by atoms with E-state index >= 15 is 0 Å². The molecule has 1 nitrogen and oxygen atoms in total. The zero-order valence-electron chi connectivity index (χ0n) is 8.77. The van der Waals surface area contributed by atoms with E-state index in [0.29, 0.717) is 5.76 Å². The van der Waals surface area contributed by atoms with Crippen LogP contribution in [0.3, 0.4) is 0 Å². The zero-order chi connectivity index (χ0) is 11.4. The number of alkyl halides is 3. The number of hydrogen-bond acceptors (Lipinski definition) is 1. The van der Waals surface area contributed by atoms with E-state index in [1.165, 1.54) is 12.1 Å². The van der Waals surface area contributed by atoms with Gasteiger partial charge in [0.1, 0.15) is 17.4 Å². The Bertz CT molecular complexity index is 263. The average molecular weight is 208 g/mol. The molecule has 0 aliphatic rings. The molecule has 0 aromatic carbocycles. The average Bonchev–Trinajstić information content (AvgIpc) is 2.52. The second-order valence-electron chi connectivity index (χ2n) is 2.71. The van der Waals surface area contributed by atoms with Crippen LogP contribution >= 0.6 is 0 Å². The Morgan fingerprint density at radius 2 is 1.71 bits per heavy atom. The summed E-state index contributed by atoms with van der Waals surface area (Å²) >= 11 is 0. The fourth-order valence-corrected chi connectivity index (χ4v) is 0.847. The lowest BCUT2D eigenvalue weighted by Gasteiger charge is -2.12. The van der Waals surface area contributed by atoms with Crippen molar-refractivity contribution in [2.45, 2.75) is 39.8 Å². The highest BCUT2D eigenvalue weighted by molar-refractivity contribution is 5.10. The van der Waals surface area contributed by atoms with Gasteiger partial charge in [-0.1, -0.05) is 13.8 Å². The molecule has 0 bridgehead atoms. The van der Waals surface area contributed by atoms with Gasteiger partial charge in [0, 0.05) is 0 Å². The molecule has 1 heterocycles. The lowest BCUT2D eigenvalue weighted by molar-refractivity contribution is -0.149. The standard InChI is InChI=1S/C8H9F3O.C2H6/c1-5-3-4-7(12-5)6(2)8(9,10)11;1-2/h3-4,6H,1-2H3;1-2H3. The normalized spacial score (nSPS) is 13.1. The van der Waals surface area contributed by atoms with Crippen LogP contribution in [0.4, 0.5) is 13.2 Å². The van der Waals surface area contributed by atoms with E-state index in [-0.39, 0.29) is 5.76 Å². The monoisotopic (exact) mass is 208 g/mol. The third kappa shape index (κ3) is 3.44. The van der Waals surface area contributed by atoms with Crippen molar-refractivity contribution in [2.24, 2.45) is 0 Å². The topological polar surface area (TPSA) is 13.1 Å². The predicted octanol–water partition coefficient (Wildman–Crippen LogP) is 4.28. The van der Waals surface area contributed by atoms with E-state index < -0.39 is 12.1 Å². The molecule has 1 aromatic heterocycles. The Kier molecular flexibility index (Phi) is 4.74. The fourth-order valence-electron chi connectivity index (χ4n) is 0.847. The third-order valence-corrected chi connectivity index (χ3v) is 1.68. The summed E-state index contributed by atoms with van der Waals surface area (Å²) in [4.78, 5) is 0. The maximum atomic E-state index is 12.1. The molecule has 0 aliphatic carbocycles. The van der Waals surface area contributed by atoms with Crippen molar-refractivity contribution < 1.29 is 17.6 Å². The van der Waals surface area contributed by atoms with Crippen molar-refractivity contribution in [2.75, 3.05) is 0 Å². The first-order valence-corrected chi connectivity index (χ1v) is 4.54. The van der Waals surface area contributed by atoms with E-state index in [2.05, 4.69) is 0 Å². The largest absolute Gasteiger partial charge is 0.466 e. The summed E-state index contributed by atoms with van der Waals surface area (Å²) in [6.45, 7) is 6.70. The highest BCUT2D eigenvalue weighted by atomic mass is 19.4. The molecule has 1 rings (SSSR count). The van der Waals surface area contributed by atoms with Gasteiger partial charge >= 0.3 is 6.18 Å². The molecule has 4 heteroatoms. The molecule has 0 saturated carbocycles. The molecule has 1 unspecified atom stereocenters. The number of furan rings is 1. The van der Waals surface area contributed by atoms with E-state index in [1.807, 2.05) is 13.8 Å². The fraction of sp³-hybridized carbons (Fsp3) is 0.600. The van der Waals surface area contributed by atoms with Gasteiger partial charge in [-0.3, -0.25) is 0 Å². The van der Waals surface area contributed by atoms with Crippen LogP contribution < -0.4 is 0 Å². The summed E-state index contributed by atoms with van der Waals surface area (Å²) in [6.07, 6.45) is -4.22. The molecule has 0 saturated heterocycles. The lowest BCUT2D eigenvalue weighted by atomic mass is 10.1. The summed E-state index contributed by atoms with van der Waals surface area (Å²) in [5.41, 5.74) is 0. The molecule has 1 atom stereocenters. The molecular formula is C10H15F3O. The molecule has 1 aromatic rings. The van der Waals surface area contributed by atoms with Crippen molar-refractivity contribution in [3.63, 3.8) is 0 Å². The van der Waals surface area contributed by atoms with Crippen LogP contribution in [-0.4, -0.2) is 6.18 Å². The van der Waals surface area contributed by atoms with Gasteiger partial charge in [0.15, 0.2) is 0 Å². The molecule has 0 fully saturated rings. The molecule has 0 N–H and O–H groups in total. The van der Waals surface area contributed by atoms with Crippen LogP contribution in [0.2, 0.25) is 0 Å². The smallest absolute Gasteiger partial charge is 0.398 e. The Morgan fingerprint density at radius 1 is 1.21 bits per heavy atom.